The number of thiophene rings is 1. The first-order chi connectivity index (χ1) is 18.5. The van der Waals surface area contributed by atoms with E-state index in [1.54, 1.807) is 23.5 Å². The summed E-state index contributed by atoms with van der Waals surface area (Å²) in [5, 5.41) is 4.85. The summed E-state index contributed by atoms with van der Waals surface area (Å²) in [5.41, 5.74) is 3.59. The van der Waals surface area contributed by atoms with Gasteiger partial charge >= 0.3 is 5.97 Å². The molecule has 0 aliphatic heterocycles. The van der Waals surface area contributed by atoms with Crippen LogP contribution in [0.15, 0.2) is 102 Å². The van der Waals surface area contributed by atoms with Gasteiger partial charge in [0.05, 0.1) is 13.0 Å². The second-order valence-electron chi connectivity index (χ2n) is 8.81. The Morgan fingerprint density at radius 2 is 1.47 bits per heavy atom. The molecule has 0 fully saturated rings. The molecule has 5 nitrogen and oxygen atoms in total. The van der Waals surface area contributed by atoms with Crippen LogP contribution in [0.1, 0.15) is 21.5 Å². The highest BCUT2D eigenvalue weighted by atomic mass is 32.2. The van der Waals surface area contributed by atoms with E-state index in [4.69, 9.17) is 4.74 Å². The van der Waals surface area contributed by atoms with Crippen LogP contribution in [0.3, 0.4) is 0 Å². The number of benzene rings is 3. The van der Waals surface area contributed by atoms with E-state index in [2.05, 4.69) is 11.4 Å². The zero-order valence-electron chi connectivity index (χ0n) is 21.0. The van der Waals surface area contributed by atoms with E-state index in [0.717, 1.165) is 28.5 Å². The molecule has 2 atom stereocenters. The van der Waals surface area contributed by atoms with Crippen LogP contribution >= 0.6 is 23.1 Å². The SMILES string of the molecule is COC(=O)[C@H](Cc1ccc(-c2cccs2)cc1)NC(=O)C(CSC(=O)c1ccccc1)Cc1ccccc1. The van der Waals surface area contributed by atoms with Gasteiger partial charge in [-0.2, -0.15) is 0 Å². The summed E-state index contributed by atoms with van der Waals surface area (Å²) in [6.45, 7) is 0. The lowest BCUT2D eigenvalue weighted by atomic mass is 9.98. The smallest absolute Gasteiger partial charge is 0.328 e. The molecule has 1 N–H and O–H groups in total. The van der Waals surface area contributed by atoms with E-state index >= 15 is 0 Å². The van der Waals surface area contributed by atoms with E-state index in [1.165, 1.54) is 12.0 Å². The predicted molar refractivity (Wildman–Crippen MR) is 154 cm³/mol. The quantitative estimate of drug-likeness (QED) is 0.233. The first kappa shape index (κ1) is 27.4. The minimum absolute atomic E-state index is 0.0909. The number of hydrogen-bond acceptors (Lipinski definition) is 6. The molecule has 0 aliphatic carbocycles. The topological polar surface area (TPSA) is 72.5 Å². The van der Waals surface area contributed by atoms with Gasteiger partial charge in [0.25, 0.3) is 0 Å². The number of ether oxygens (including phenoxy) is 1. The second kappa shape index (κ2) is 13.7. The lowest BCUT2D eigenvalue weighted by molar-refractivity contribution is -0.145. The number of rotatable bonds is 11. The Hall–Kier alpha value is -3.68. The fraction of sp³-hybridized carbons (Fsp3) is 0.194. The summed E-state index contributed by atoms with van der Waals surface area (Å²) in [5.74, 6) is -1.01. The third-order valence-electron chi connectivity index (χ3n) is 6.12. The maximum atomic E-state index is 13.5. The minimum atomic E-state index is -0.840. The molecule has 194 valence electrons. The van der Waals surface area contributed by atoms with Gasteiger partial charge in [-0.05, 0) is 34.6 Å². The Balaban J connectivity index is 1.46. The molecule has 4 aromatic rings. The van der Waals surface area contributed by atoms with Gasteiger partial charge in [0.1, 0.15) is 6.04 Å². The van der Waals surface area contributed by atoms with E-state index in [0.29, 0.717) is 18.4 Å². The highest BCUT2D eigenvalue weighted by Crippen LogP contribution is 2.25. The van der Waals surface area contributed by atoms with Gasteiger partial charge in [-0.15, -0.1) is 11.3 Å². The Labute approximate surface area is 231 Å². The van der Waals surface area contributed by atoms with Crippen LogP contribution in [0.25, 0.3) is 10.4 Å². The zero-order chi connectivity index (χ0) is 26.7. The van der Waals surface area contributed by atoms with Crippen molar-refractivity contribution in [2.45, 2.75) is 18.9 Å². The average Bonchev–Trinajstić information content (AvgIpc) is 3.51. The maximum Gasteiger partial charge on any atom is 0.328 e. The molecule has 1 aromatic heterocycles. The first-order valence-electron chi connectivity index (χ1n) is 12.3. The third-order valence-corrected chi connectivity index (χ3v) is 8.11. The number of methoxy groups -OCH3 is 1. The highest BCUT2D eigenvalue weighted by Gasteiger charge is 2.27. The minimum Gasteiger partial charge on any atom is -0.467 e. The van der Waals surface area contributed by atoms with Gasteiger partial charge in [0, 0.05) is 22.6 Å². The van der Waals surface area contributed by atoms with Crippen LogP contribution in [-0.2, 0) is 27.2 Å². The predicted octanol–water partition coefficient (Wildman–Crippen LogP) is 6.05. The van der Waals surface area contributed by atoms with Crippen molar-refractivity contribution >= 4 is 40.1 Å². The van der Waals surface area contributed by atoms with Crippen molar-refractivity contribution in [3.05, 3.63) is 119 Å². The molecule has 1 amide bonds. The van der Waals surface area contributed by atoms with Crippen molar-refractivity contribution in [1.82, 2.24) is 5.32 Å². The van der Waals surface area contributed by atoms with Gasteiger partial charge in [-0.25, -0.2) is 4.79 Å². The molecule has 4 rings (SSSR count). The normalized spacial score (nSPS) is 12.3. The molecule has 7 heteroatoms. The Bertz CT molecular complexity index is 1320. The standard InChI is InChI=1S/C31H29NO4S2/c1-36-30(34)27(20-23-14-16-24(17-15-23)28-13-8-18-37-28)32-29(33)26(19-22-9-4-2-5-10-22)21-38-31(35)25-11-6-3-7-12-25/h2-18,26-27H,19-21H2,1H3,(H,32,33)/t26?,27-/m0/s1. The number of carbonyl (C=O) groups excluding carboxylic acids is 3. The van der Waals surface area contributed by atoms with E-state index in [9.17, 15) is 14.4 Å². The van der Waals surface area contributed by atoms with Crippen molar-refractivity contribution in [3.63, 3.8) is 0 Å². The van der Waals surface area contributed by atoms with Crippen LogP contribution in [0.5, 0.6) is 0 Å². The average molecular weight is 544 g/mol. The second-order valence-corrected chi connectivity index (χ2v) is 10.8. The molecule has 1 unspecified atom stereocenters. The zero-order valence-corrected chi connectivity index (χ0v) is 22.7. The molecule has 0 aliphatic rings. The highest BCUT2D eigenvalue weighted by molar-refractivity contribution is 8.14. The summed E-state index contributed by atoms with van der Waals surface area (Å²) in [4.78, 5) is 40.0. The summed E-state index contributed by atoms with van der Waals surface area (Å²) < 4.78 is 5.01. The number of carbonyl (C=O) groups is 3. The Morgan fingerprint density at radius 1 is 0.816 bits per heavy atom. The van der Waals surface area contributed by atoms with Crippen LogP contribution < -0.4 is 5.32 Å². The number of thioether (sulfide) groups is 1. The molecule has 0 radical (unpaired) electrons. The molecule has 1 heterocycles. The first-order valence-corrected chi connectivity index (χ1v) is 14.2. The molecule has 3 aromatic carbocycles. The van der Waals surface area contributed by atoms with E-state index in [1.807, 2.05) is 84.2 Å². The summed E-state index contributed by atoms with van der Waals surface area (Å²) in [7, 11) is 1.32. The monoisotopic (exact) mass is 543 g/mol. The maximum absolute atomic E-state index is 13.5. The molecule has 0 saturated carbocycles. The summed E-state index contributed by atoms with van der Waals surface area (Å²) in [6.07, 6.45) is 0.752. The fourth-order valence-corrected chi connectivity index (χ4v) is 5.73. The number of esters is 1. The van der Waals surface area contributed by atoms with Crippen LogP contribution in [0.2, 0.25) is 0 Å². The number of amides is 1. The lowest BCUT2D eigenvalue weighted by Gasteiger charge is -2.21. The fourth-order valence-electron chi connectivity index (χ4n) is 4.07. The van der Waals surface area contributed by atoms with Gasteiger partial charge in [0.2, 0.25) is 11.0 Å². The largest absolute Gasteiger partial charge is 0.467 e. The van der Waals surface area contributed by atoms with Crippen LogP contribution in [-0.4, -0.2) is 35.9 Å². The molecule has 0 bridgehead atoms. The van der Waals surface area contributed by atoms with E-state index < -0.39 is 17.9 Å². The van der Waals surface area contributed by atoms with Crippen LogP contribution in [0.4, 0.5) is 0 Å². The van der Waals surface area contributed by atoms with Crippen molar-refractivity contribution in [2.75, 3.05) is 12.9 Å². The van der Waals surface area contributed by atoms with Gasteiger partial charge < -0.3 is 10.1 Å². The Kier molecular flexibility index (Phi) is 9.90. The molecular formula is C31H29NO4S2. The van der Waals surface area contributed by atoms with Gasteiger partial charge in [0.15, 0.2) is 0 Å². The molecule has 0 saturated heterocycles. The third kappa shape index (κ3) is 7.66. The molecule has 0 spiro atoms. The molecule has 38 heavy (non-hydrogen) atoms. The lowest BCUT2D eigenvalue weighted by Crippen LogP contribution is -2.46. The Morgan fingerprint density at radius 3 is 2.11 bits per heavy atom. The summed E-state index contributed by atoms with van der Waals surface area (Å²) in [6, 6.07) is 29.9. The van der Waals surface area contributed by atoms with Gasteiger partial charge in [-0.1, -0.05) is 103 Å². The number of hydrogen-bond donors (Lipinski definition) is 1. The van der Waals surface area contributed by atoms with Crippen molar-refractivity contribution < 1.29 is 19.1 Å². The van der Waals surface area contributed by atoms with Crippen molar-refractivity contribution in [1.29, 1.82) is 0 Å². The number of nitrogens with one attached hydrogen (secondary N) is 1. The van der Waals surface area contributed by atoms with Crippen molar-refractivity contribution in [3.8, 4) is 10.4 Å². The summed E-state index contributed by atoms with van der Waals surface area (Å²) >= 11 is 2.78. The van der Waals surface area contributed by atoms with Crippen LogP contribution in [0, 0.1) is 5.92 Å². The van der Waals surface area contributed by atoms with Gasteiger partial charge in [-0.3, -0.25) is 9.59 Å². The molecular weight excluding hydrogens is 514 g/mol. The van der Waals surface area contributed by atoms with Crippen molar-refractivity contribution in [2.24, 2.45) is 5.92 Å². The van der Waals surface area contributed by atoms with E-state index in [-0.39, 0.29) is 16.8 Å².